The number of hydrogen-bond donors (Lipinski definition) is 0. The third-order valence-electron chi connectivity index (χ3n) is 8.23. The van der Waals surface area contributed by atoms with Gasteiger partial charge in [-0.25, -0.2) is 0 Å². The smallest absolute Gasteiger partial charge is 0.159 e. The van der Waals surface area contributed by atoms with Crippen molar-refractivity contribution >= 4 is 75.3 Å². The van der Waals surface area contributed by atoms with E-state index in [1.54, 1.807) is 0 Å². The van der Waals surface area contributed by atoms with Crippen molar-refractivity contribution in [1.82, 2.24) is 4.57 Å². The molecule has 3 nitrogen and oxygen atoms in total. The number of rotatable bonds is 2. The molecular weight excluding hydrogens is 520 g/mol. The zero-order valence-corrected chi connectivity index (χ0v) is 22.6. The molecule has 0 aliphatic rings. The lowest BCUT2D eigenvalue weighted by molar-refractivity contribution is 0.665. The van der Waals surface area contributed by atoms with E-state index in [-0.39, 0.29) is 0 Å². The number of nitriles is 1. The Bertz CT molecular complexity index is 2500. The fraction of sp³-hybridized carbons (Fsp3) is 0. The topological polar surface area (TPSA) is 41.9 Å². The Labute approximate surface area is 238 Å². The first-order chi connectivity index (χ1) is 20.3. The Balaban J connectivity index is 1.32. The van der Waals surface area contributed by atoms with Gasteiger partial charge in [0.25, 0.3) is 0 Å². The van der Waals surface area contributed by atoms with Crippen LogP contribution in [0.4, 0.5) is 0 Å². The van der Waals surface area contributed by atoms with Crippen LogP contribution in [0, 0.1) is 11.3 Å². The number of aromatic nitrogens is 1. The number of fused-ring (bicyclic) bond motifs is 9. The molecule has 0 atom stereocenters. The summed E-state index contributed by atoms with van der Waals surface area (Å²) in [4.78, 5) is 0. The molecule has 0 radical (unpaired) electrons. The van der Waals surface area contributed by atoms with E-state index in [9.17, 15) is 5.26 Å². The van der Waals surface area contributed by atoms with Gasteiger partial charge in [-0.05, 0) is 59.7 Å². The summed E-state index contributed by atoms with van der Waals surface area (Å²) < 4.78 is 11.4. The zero-order valence-electron chi connectivity index (χ0n) is 21.8. The van der Waals surface area contributed by atoms with Gasteiger partial charge in [-0.1, -0.05) is 72.8 Å². The van der Waals surface area contributed by atoms with Gasteiger partial charge in [-0.3, -0.25) is 0 Å². The van der Waals surface area contributed by atoms with Gasteiger partial charge in [0.05, 0.1) is 22.3 Å². The third kappa shape index (κ3) is 3.12. The molecule has 0 amide bonds. The van der Waals surface area contributed by atoms with E-state index in [0.717, 1.165) is 44.2 Å². The van der Waals surface area contributed by atoms with Gasteiger partial charge >= 0.3 is 0 Å². The van der Waals surface area contributed by atoms with Crippen LogP contribution in [0.25, 0.3) is 80.7 Å². The molecule has 0 aliphatic heterocycles. The van der Waals surface area contributed by atoms with Crippen molar-refractivity contribution < 1.29 is 4.42 Å². The summed E-state index contributed by atoms with van der Waals surface area (Å²) in [5, 5.41) is 17.1. The van der Waals surface area contributed by atoms with Crippen molar-refractivity contribution in [3.05, 3.63) is 127 Å². The van der Waals surface area contributed by atoms with Gasteiger partial charge in [-0.15, -0.1) is 11.3 Å². The van der Waals surface area contributed by atoms with Crippen LogP contribution in [-0.4, -0.2) is 4.57 Å². The van der Waals surface area contributed by atoms with Crippen molar-refractivity contribution in [2.75, 3.05) is 0 Å². The van der Waals surface area contributed by atoms with E-state index < -0.39 is 0 Å². The Morgan fingerprint density at radius 2 is 1.20 bits per heavy atom. The number of hydrogen-bond acceptors (Lipinski definition) is 3. The fourth-order valence-corrected chi connectivity index (χ4v) is 7.49. The van der Waals surface area contributed by atoms with Gasteiger partial charge in [0.15, 0.2) is 11.2 Å². The molecule has 0 unspecified atom stereocenters. The van der Waals surface area contributed by atoms with Gasteiger partial charge in [0.1, 0.15) is 6.07 Å². The van der Waals surface area contributed by atoms with Crippen LogP contribution in [0.3, 0.4) is 0 Å². The van der Waals surface area contributed by atoms with Crippen molar-refractivity contribution in [3.8, 4) is 22.9 Å². The van der Waals surface area contributed by atoms with Crippen molar-refractivity contribution in [2.45, 2.75) is 0 Å². The third-order valence-corrected chi connectivity index (χ3v) is 9.38. The molecule has 4 heteroatoms. The monoisotopic (exact) mass is 540 g/mol. The SMILES string of the molecule is N#Cc1cc(-c2ccc3sc4ccccc4c3c2)cc2c1oc1c(-n3c4ccccc4c4ccccc43)cccc12. The summed E-state index contributed by atoms with van der Waals surface area (Å²) in [5.74, 6) is 0. The Hall–Kier alpha value is -5.37. The lowest BCUT2D eigenvalue weighted by atomic mass is 9.98. The highest BCUT2D eigenvalue weighted by molar-refractivity contribution is 7.25. The summed E-state index contributed by atoms with van der Waals surface area (Å²) in [6.45, 7) is 0. The minimum absolute atomic E-state index is 0.539. The quantitative estimate of drug-likeness (QED) is 0.219. The molecule has 0 saturated heterocycles. The van der Waals surface area contributed by atoms with E-state index in [1.165, 1.54) is 30.9 Å². The number of nitrogens with zero attached hydrogens (tertiary/aromatic N) is 2. The largest absolute Gasteiger partial charge is 0.452 e. The maximum absolute atomic E-state index is 10.2. The molecule has 41 heavy (non-hydrogen) atoms. The second-order valence-electron chi connectivity index (χ2n) is 10.4. The van der Waals surface area contributed by atoms with Gasteiger partial charge in [-0.2, -0.15) is 5.26 Å². The molecule has 9 rings (SSSR count). The van der Waals surface area contributed by atoms with Crippen molar-refractivity contribution in [2.24, 2.45) is 0 Å². The molecule has 6 aromatic carbocycles. The van der Waals surface area contributed by atoms with E-state index in [1.807, 2.05) is 17.4 Å². The minimum Gasteiger partial charge on any atom is -0.452 e. The molecule has 0 aliphatic carbocycles. The first kappa shape index (κ1) is 22.4. The molecule has 0 bridgehead atoms. The Morgan fingerprint density at radius 1 is 0.537 bits per heavy atom. The van der Waals surface area contributed by atoms with Crippen LogP contribution < -0.4 is 0 Å². The van der Waals surface area contributed by atoms with Crippen LogP contribution in [0.15, 0.2) is 126 Å². The lowest BCUT2D eigenvalue weighted by Gasteiger charge is -2.08. The van der Waals surface area contributed by atoms with E-state index >= 15 is 0 Å². The second-order valence-corrected chi connectivity index (χ2v) is 11.5. The molecule has 3 heterocycles. The molecule has 0 saturated carbocycles. The van der Waals surface area contributed by atoms with E-state index in [2.05, 4.69) is 126 Å². The van der Waals surface area contributed by atoms with E-state index in [4.69, 9.17) is 4.42 Å². The lowest BCUT2D eigenvalue weighted by Crippen LogP contribution is -1.93. The number of para-hydroxylation sites is 3. The van der Waals surface area contributed by atoms with Crippen LogP contribution in [-0.2, 0) is 0 Å². The first-order valence-electron chi connectivity index (χ1n) is 13.6. The number of furan rings is 1. The summed E-state index contributed by atoms with van der Waals surface area (Å²) in [6.07, 6.45) is 0. The predicted molar refractivity (Wildman–Crippen MR) is 171 cm³/mol. The summed E-state index contributed by atoms with van der Waals surface area (Å²) in [7, 11) is 0. The maximum atomic E-state index is 10.2. The highest BCUT2D eigenvalue weighted by atomic mass is 32.1. The molecule has 0 N–H and O–H groups in total. The standard InChI is InChI=1S/C37H20N2OS/c38-21-24-18-23(22-16-17-35-29(19-22)27-10-3-6-15-34(27)41-35)20-30-28-11-7-14-33(37(28)40-36(24)30)39-31-12-4-1-8-25(31)26-9-2-5-13-32(26)39/h1-20H. The van der Waals surface area contributed by atoms with Gasteiger partial charge in [0, 0.05) is 41.7 Å². The predicted octanol–water partition coefficient (Wildman–Crippen LogP) is 10.6. The van der Waals surface area contributed by atoms with Gasteiger partial charge in [0.2, 0.25) is 0 Å². The number of thiophene rings is 1. The van der Waals surface area contributed by atoms with Gasteiger partial charge < -0.3 is 8.98 Å². The second kappa shape index (κ2) is 8.32. The van der Waals surface area contributed by atoms with Crippen LogP contribution >= 0.6 is 11.3 Å². The maximum Gasteiger partial charge on any atom is 0.159 e. The highest BCUT2D eigenvalue weighted by Gasteiger charge is 2.19. The Morgan fingerprint density at radius 3 is 1.98 bits per heavy atom. The zero-order chi connectivity index (χ0) is 27.1. The minimum atomic E-state index is 0.539. The molecule has 190 valence electrons. The fourth-order valence-electron chi connectivity index (χ4n) is 6.40. The van der Waals surface area contributed by atoms with Crippen molar-refractivity contribution in [1.29, 1.82) is 5.26 Å². The molecule has 9 aromatic rings. The first-order valence-corrected chi connectivity index (χ1v) is 14.4. The molecule has 3 aromatic heterocycles. The molecule has 0 fully saturated rings. The average Bonchev–Trinajstić information content (AvgIpc) is 3.70. The molecule has 0 spiro atoms. The summed E-state index contributed by atoms with van der Waals surface area (Å²) in [6, 6.07) is 44.9. The Kier molecular flexibility index (Phi) is 4.55. The summed E-state index contributed by atoms with van der Waals surface area (Å²) >= 11 is 1.81. The number of benzene rings is 6. The molecular formula is C37H20N2OS. The van der Waals surface area contributed by atoms with Crippen LogP contribution in [0.2, 0.25) is 0 Å². The summed E-state index contributed by atoms with van der Waals surface area (Å²) in [5.41, 5.74) is 7.26. The van der Waals surface area contributed by atoms with E-state index in [0.29, 0.717) is 11.1 Å². The van der Waals surface area contributed by atoms with Crippen LogP contribution in [0.5, 0.6) is 0 Å². The normalized spacial score (nSPS) is 11.9. The van der Waals surface area contributed by atoms with Crippen LogP contribution in [0.1, 0.15) is 5.56 Å². The average molecular weight is 541 g/mol. The van der Waals surface area contributed by atoms with Crippen molar-refractivity contribution in [3.63, 3.8) is 0 Å². The highest BCUT2D eigenvalue weighted by Crippen LogP contribution is 2.41.